The first-order valence-corrected chi connectivity index (χ1v) is 8.72. The van der Waals surface area contributed by atoms with Crippen LogP contribution in [-0.4, -0.2) is 18.1 Å². The summed E-state index contributed by atoms with van der Waals surface area (Å²) in [5, 5.41) is 2.62. The van der Waals surface area contributed by atoms with Crippen molar-refractivity contribution in [2.75, 3.05) is 0 Å². The fourth-order valence-corrected chi connectivity index (χ4v) is 2.42. The fraction of sp³-hybridized carbons (Fsp3) is 0.333. The second-order valence-electron chi connectivity index (χ2n) is 6.48. The van der Waals surface area contributed by atoms with Gasteiger partial charge in [-0.05, 0) is 23.5 Å². The van der Waals surface area contributed by atoms with E-state index in [0.717, 1.165) is 11.1 Å². The third kappa shape index (κ3) is 6.97. The minimum absolute atomic E-state index is 0.153. The average Bonchev–Trinajstić information content (AvgIpc) is 2.65. The largest absolute Gasteiger partial charge is 0.459 e. The first-order valence-electron chi connectivity index (χ1n) is 8.72. The molecule has 0 unspecified atom stereocenters. The lowest BCUT2D eigenvalue weighted by atomic mass is 10.0. The van der Waals surface area contributed by atoms with E-state index in [-0.39, 0.29) is 19.1 Å². The number of alkyl carbamates (subject to hydrolysis) is 1. The van der Waals surface area contributed by atoms with Crippen LogP contribution in [0.5, 0.6) is 0 Å². The molecule has 1 N–H and O–H groups in total. The zero-order valence-corrected chi connectivity index (χ0v) is 15.2. The summed E-state index contributed by atoms with van der Waals surface area (Å²) in [5.74, 6) is -0.238. The van der Waals surface area contributed by atoms with E-state index in [4.69, 9.17) is 9.47 Å². The van der Waals surface area contributed by atoms with Crippen LogP contribution in [0.4, 0.5) is 4.79 Å². The highest BCUT2D eigenvalue weighted by Gasteiger charge is 2.24. The molecule has 0 fully saturated rings. The topological polar surface area (TPSA) is 64.6 Å². The third-order valence-corrected chi connectivity index (χ3v) is 3.72. The molecule has 1 amide bonds. The van der Waals surface area contributed by atoms with Crippen molar-refractivity contribution < 1.29 is 19.1 Å². The molecular weight excluding hydrogens is 330 g/mol. The van der Waals surface area contributed by atoms with E-state index >= 15 is 0 Å². The van der Waals surface area contributed by atoms with Gasteiger partial charge >= 0.3 is 12.1 Å². The lowest BCUT2D eigenvalue weighted by Gasteiger charge is -2.19. The minimum atomic E-state index is -0.734. The third-order valence-electron chi connectivity index (χ3n) is 3.72. The van der Waals surface area contributed by atoms with E-state index in [1.54, 1.807) is 0 Å². The number of carbonyl (C=O) groups excluding carboxylic acids is 2. The van der Waals surface area contributed by atoms with Crippen molar-refractivity contribution in [2.24, 2.45) is 5.92 Å². The quantitative estimate of drug-likeness (QED) is 0.725. The zero-order chi connectivity index (χ0) is 18.8. The molecule has 0 spiro atoms. The molecular formula is C21H25NO4. The molecule has 0 radical (unpaired) electrons. The molecule has 5 nitrogen and oxygen atoms in total. The molecule has 2 aromatic rings. The Hall–Kier alpha value is -2.82. The highest BCUT2D eigenvalue weighted by Crippen LogP contribution is 2.09. The van der Waals surface area contributed by atoms with E-state index in [2.05, 4.69) is 5.32 Å². The van der Waals surface area contributed by atoms with Gasteiger partial charge in [-0.1, -0.05) is 74.5 Å². The molecule has 2 rings (SSSR count). The zero-order valence-electron chi connectivity index (χ0n) is 15.2. The van der Waals surface area contributed by atoms with Crippen LogP contribution < -0.4 is 5.32 Å². The molecule has 0 saturated heterocycles. The van der Waals surface area contributed by atoms with Crippen LogP contribution in [0.1, 0.15) is 31.4 Å². The van der Waals surface area contributed by atoms with Crippen LogP contribution in [0, 0.1) is 5.92 Å². The second kappa shape index (κ2) is 10.2. The molecule has 0 saturated carbocycles. The summed E-state index contributed by atoms with van der Waals surface area (Å²) in [4.78, 5) is 24.4. The summed E-state index contributed by atoms with van der Waals surface area (Å²) in [6.07, 6.45) is -0.148. The number of hydrogen-bond acceptors (Lipinski definition) is 4. The van der Waals surface area contributed by atoms with Gasteiger partial charge in [0.2, 0.25) is 0 Å². The highest BCUT2D eigenvalue weighted by atomic mass is 16.6. The normalized spacial score (nSPS) is 11.7. The summed E-state index contributed by atoms with van der Waals surface area (Å²) in [6.45, 7) is 4.29. The van der Waals surface area contributed by atoms with Gasteiger partial charge in [-0.25, -0.2) is 9.59 Å². The van der Waals surface area contributed by atoms with E-state index < -0.39 is 18.1 Å². The monoisotopic (exact) mass is 355 g/mol. The Kier molecular flexibility index (Phi) is 7.68. The minimum Gasteiger partial charge on any atom is -0.459 e. The second-order valence-corrected chi connectivity index (χ2v) is 6.48. The van der Waals surface area contributed by atoms with Crippen LogP contribution in [0.15, 0.2) is 60.7 Å². The van der Waals surface area contributed by atoms with Crippen molar-refractivity contribution in [3.63, 3.8) is 0 Å². The summed E-state index contributed by atoms with van der Waals surface area (Å²) >= 11 is 0. The number of nitrogens with one attached hydrogen (secondary N) is 1. The number of ether oxygens (including phenoxy) is 2. The maximum absolute atomic E-state index is 12.4. The van der Waals surface area contributed by atoms with Gasteiger partial charge in [0.25, 0.3) is 0 Å². The number of rotatable bonds is 8. The molecule has 5 heteroatoms. The molecule has 1 atom stereocenters. The average molecular weight is 355 g/mol. The maximum Gasteiger partial charge on any atom is 0.408 e. The predicted octanol–water partition coefficient (Wildman–Crippen LogP) is 4.07. The van der Waals surface area contributed by atoms with Gasteiger partial charge in [0.15, 0.2) is 0 Å². The van der Waals surface area contributed by atoms with Gasteiger partial charge in [0.1, 0.15) is 19.3 Å². The Labute approximate surface area is 154 Å². The molecule has 0 aromatic heterocycles. The molecule has 0 bridgehead atoms. The molecule has 0 aliphatic rings. The smallest absolute Gasteiger partial charge is 0.408 e. The summed E-state index contributed by atoms with van der Waals surface area (Å²) in [5.41, 5.74) is 1.78. The van der Waals surface area contributed by atoms with E-state index in [1.807, 2.05) is 74.5 Å². The van der Waals surface area contributed by atoms with E-state index in [9.17, 15) is 9.59 Å². The van der Waals surface area contributed by atoms with Crippen LogP contribution in [0.2, 0.25) is 0 Å². The molecule has 2 aromatic carbocycles. The van der Waals surface area contributed by atoms with Gasteiger partial charge < -0.3 is 14.8 Å². The molecule has 138 valence electrons. The van der Waals surface area contributed by atoms with Gasteiger partial charge in [-0.2, -0.15) is 0 Å². The summed E-state index contributed by atoms with van der Waals surface area (Å²) in [7, 11) is 0. The Morgan fingerprint density at radius 1 is 0.846 bits per heavy atom. The van der Waals surface area contributed by atoms with Crippen molar-refractivity contribution in [3.8, 4) is 0 Å². The Balaban J connectivity index is 1.86. The number of esters is 1. The lowest BCUT2D eigenvalue weighted by molar-refractivity contribution is -0.147. The molecule has 0 aliphatic carbocycles. The molecule has 0 aliphatic heterocycles. The van der Waals surface area contributed by atoms with Crippen LogP contribution >= 0.6 is 0 Å². The maximum atomic E-state index is 12.4. The van der Waals surface area contributed by atoms with E-state index in [1.165, 1.54) is 0 Å². The molecule has 0 heterocycles. The molecule has 26 heavy (non-hydrogen) atoms. The Morgan fingerprint density at radius 3 is 1.85 bits per heavy atom. The highest BCUT2D eigenvalue weighted by molar-refractivity contribution is 5.81. The standard InChI is InChI=1S/C21H25NO4/c1-16(2)13-19(20(23)25-14-17-9-5-3-6-10-17)22-21(24)26-15-18-11-7-4-8-12-18/h3-12,16,19H,13-15H2,1-2H3,(H,22,24)/t19-/m1/s1. The van der Waals surface area contributed by atoms with Crippen molar-refractivity contribution in [1.82, 2.24) is 5.32 Å². The Morgan fingerprint density at radius 2 is 1.35 bits per heavy atom. The number of benzene rings is 2. The fourth-order valence-electron chi connectivity index (χ4n) is 2.42. The predicted molar refractivity (Wildman–Crippen MR) is 99.2 cm³/mol. The van der Waals surface area contributed by atoms with E-state index in [0.29, 0.717) is 6.42 Å². The van der Waals surface area contributed by atoms with Gasteiger partial charge in [-0.15, -0.1) is 0 Å². The van der Waals surface area contributed by atoms with Gasteiger partial charge in [-0.3, -0.25) is 0 Å². The van der Waals surface area contributed by atoms with Crippen LogP contribution in [0.25, 0.3) is 0 Å². The lowest BCUT2D eigenvalue weighted by Crippen LogP contribution is -2.42. The van der Waals surface area contributed by atoms with Crippen LogP contribution in [-0.2, 0) is 27.5 Å². The SMILES string of the molecule is CC(C)C[C@@H](NC(=O)OCc1ccccc1)C(=O)OCc1ccccc1. The van der Waals surface area contributed by atoms with Gasteiger partial charge in [0.05, 0.1) is 0 Å². The first-order chi connectivity index (χ1) is 12.5. The number of carbonyl (C=O) groups is 2. The van der Waals surface area contributed by atoms with Gasteiger partial charge in [0, 0.05) is 0 Å². The first kappa shape index (κ1) is 19.5. The summed E-state index contributed by atoms with van der Waals surface area (Å²) < 4.78 is 10.5. The summed E-state index contributed by atoms with van der Waals surface area (Å²) in [6, 6.07) is 18.1. The van der Waals surface area contributed by atoms with Crippen molar-refractivity contribution in [1.29, 1.82) is 0 Å². The van der Waals surface area contributed by atoms with Crippen molar-refractivity contribution >= 4 is 12.1 Å². The van der Waals surface area contributed by atoms with Crippen molar-refractivity contribution in [3.05, 3.63) is 71.8 Å². The Bertz CT molecular complexity index is 686. The number of hydrogen-bond donors (Lipinski definition) is 1. The van der Waals surface area contributed by atoms with Crippen molar-refractivity contribution in [2.45, 2.75) is 39.5 Å². The van der Waals surface area contributed by atoms with Crippen LogP contribution in [0.3, 0.4) is 0 Å². The number of amides is 1.